The fourth-order valence-corrected chi connectivity index (χ4v) is 4.77. The summed E-state index contributed by atoms with van der Waals surface area (Å²) in [7, 11) is 2.23. The van der Waals surface area contributed by atoms with Gasteiger partial charge in [-0.2, -0.15) is 0 Å². The predicted molar refractivity (Wildman–Crippen MR) is 153 cm³/mol. The summed E-state index contributed by atoms with van der Waals surface area (Å²) >= 11 is 0. The van der Waals surface area contributed by atoms with Crippen molar-refractivity contribution in [3.8, 4) is 0 Å². The molecule has 2 rings (SSSR count). The smallest absolute Gasteiger partial charge is 1.00 e. The Morgan fingerprint density at radius 3 is 1.03 bits per heavy atom. The van der Waals surface area contributed by atoms with Gasteiger partial charge in [0, 0.05) is 37.6 Å². The topological polar surface area (TPSA) is 27.3 Å². The minimum absolute atomic E-state index is 0. The van der Waals surface area contributed by atoms with Gasteiger partial charge in [0.25, 0.3) is 0 Å². The molecule has 213 valence electrons. The van der Waals surface area contributed by atoms with Crippen LogP contribution >= 0.6 is 0 Å². The molecule has 2 N–H and O–H groups in total. The first-order valence-corrected chi connectivity index (χ1v) is 13.4. The van der Waals surface area contributed by atoms with Gasteiger partial charge in [-0.25, -0.2) is 0 Å². The van der Waals surface area contributed by atoms with E-state index in [0.29, 0.717) is 23.7 Å². The summed E-state index contributed by atoms with van der Waals surface area (Å²) in [6, 6.07) is 9.42. The van der Waals surface area contributed by atoms with Crippen molar-refractivity contribution in [2.45, 2.75) is 92.9 Å². The van der Waals surface area contributed by atoms with Crippen LogP contribution in [0.15, 0.2) is 24.3 Å². The van der Waals surface area contributed by atoms with Crippen LogP contribution < -0.4 is 35.4 Å². The van der Waals surface area contributed by atoms with Gasteiger partial charge in [0.1, 0.15) is 0 Å². The molecular formula is C31H51Cl2CoN3. The summed E-state index contributed by atoms with van der Waals surface area (Å²) in [6.07, 6.45) is 0. The van der Waals surface area contributed by atoms with Crippen LogP contribution in [0.1, 0.15) is 112 Å². The molecule has 0 aromatic heterocycles. The fourth-order valence-electron chi connectivity index (χ4n) is 4.77. The summed E-state index contributed by atoms with van der Waals surface area (Å²) in [6.45, 7) is 26.7. The van der Waals surface area contributed by atoms with Crippen molar-refractivity contribution in [3.05, 3.63) is 57.6 Å². The second-order valence-corrected chi connectivity index (χ2v) is 11.4. The van der Waals surface area contributed by atoms with Crippen molar-refractivity contribution >= 4 is 11.4 Å². The van der Waals surface area contributed by atoms with E-state index in [1.165, 1.54) is 44.8 Å². The Bertz CT molecular complexity index is 809. The van der Waals surface area contributed by atoms with E-state index >= 15 is 0 Å². The van der Waals surface area contributed by atoms with Crippen LogP contribution in [0.5, 0.6) is 0 Å². The number of hydrogen-bond donors (Lipinski definition) is 2. The zero-order valence-corrected chi connectivity index (χ0v) is 27.5. The van der Waals surface area contributed by atoms with E-state index in [4.69, 9.17) is 0 Å². The molecule has 0 unspecified atom stereocenters. The summed E-state index contributed by atoms with van der Waals surface area (Å²) < 4.78 is 0. The summed E-state index contributed by atoms with van der Waals surface area (Å²) in [5, 5.41) is 7.61. The monoisotopic (exact) mass is 594 g/mol. The Morgan fingerprint density at radius 1 is 0.568 bits per heavy atom. The Morgan fingerprint density at radius 2 is 0.811 bits per heavy atom. The molecule has 37 heavy (non-hydrogen) atoms. The molecule has 0 spiro atoms. The molecule has 0 saturated carbocycles. The number of halogens is 2. The number of likely N-dealkylation sites (N-methyl/N-ethyl adjacent to an activating group) is 1. The van der Waals surface area contributed by atoms with E-state index in [9.17, 15) is 0 Å². The number of aryl methyl sites for hydroxylation is 2. The minimum Gasteiger partial charge on any atom is -1.00 e. The number of nitrogens with zero attached hydrogens (tertiary/aromatic N) is 1. The SMILES string of the molecule is Cc1cc(C(C)C)c(NCCN(C)CCNc2c(C(C)C)cc(C)cc2C(C)C)c(C(C)C)c1.[Cl-].[Cl-].[Co+2]. The molecule has 0 aliphatic heterocycles. The van der Waals surface area contributed by atoms with Crippen LogP contribution in [-0.2, 0) is 16.8 Å². The molecule has 2 aromatic rings. The van der Waals surface area contributed by atoms with Crippen LogP contribution in [0.3, 0.4) is 0 Å². The van der Waals surface area contributed by atoms with Crippen molar-refractivity contribution in [1.82, 2.24) is 4.90 Å². The molecule has 0 fully saturated rings. The Kier molecular flexibility index (Phi) is 18.2. The molecular weight excluding hydrogens is 544 g/mol. The quantitative estimate of drug-likeness (QED) is 0.395. The van der Waals surface area contributed by atoms with Crippen LogP contribution in [0, 0.1) is 13.8 Å². The number of anilines is 2. The van der Waals surface area contributed by atoms with Crippen molar-refractivity contribution in [3.63, 3.8) is 0 Å². The summed E-state index contributed by atoms with van der Waals surface area (Å²) in [4.78, 5) is 2.43. The van der Waals surface area contributed by atoms with Crippen molar-refractivity contribution in [2.24, 2.45) is 0 Å². The average Bonchev–Trinajstić information content (AvgIpc) is 2.74. The molecule has 0 amide bonds. The first kappa shape index (κ1) is 38.2. The molecule has 3 nitrogen and oxygen atoms in total. The van der Waals surface area contributed by atoms with E-state index in [1.807, 2.05) is 0 Å². The molecule has 1 radical (unpaired) electrons. The van der Waals surface area contributed by atoms with Crippen molar-refractivity contribution in [2.75, 3.05) is 43.9 Å². The number of benzene rings is 2. The first-order chi connectivity index (χ1) is 15.9. The third kappa shape index (κ3) is 11.0. The fraction of sp³-hybridized carbons (Fsp3) is 0.613. The second-order valence-electron chi connectivity index (χ2n) is 11.4. The zero-order chi connectivity index (χ0) is 25.6. The number of rotatable bonds is 12. The Hall–Kier alpha value is -0.914. The van der Waals surface area contributed by atoms with Crippen molar-refractivity contribution < 1.29 is 41.6 Å². The molecule has 0 saturated heterocycles. The second kappa shape index (κ2) is 17.6. The van der Waals surface area contributed by atoms with E-state index in [2.05, 4.69) is 116 Å². The van der Waals surface area contributed by atoms with E-state index in [-0.39, 0.29) is 41.6 Å². The van der Waals surface area contributed by atoms with Gasteiger partial charge in [0.05, 0.1) is 0 Å². The van der Waals surface area contributed by atoms with E-state index < -0.39 is 0 Å². The van der Waals surface area contributed by atoms with Gasteiger partial charge in [-0.3, -0.25) is 0 Å². The average molecular weight is 596 g/mol. The van der Waals surface area contributed by atoms with E-state index in [0.717, 1.165) is 26.2 Å². The van der Waals surface area contributed by atoms with Crippen LogP contribution in [-0.4, -0.2) is 38.1 Å². The number of hydrogen-bond acceptors (Lipinski definition) is 3. The van der Waals surface area contributed by atoms with Gasteiger partial charge >= 0.3 is 16.8 Å². The molecule has 6 heteroatoms. The van der Waals surface area contributed by atoms with Gasteiger partial charge in [-0.15, -0.1) is 0 Å². The van der Waals surface area contributed by atoms with Gasteiger partial charge in [0.2, 0.25) is 0 Å². The van der Waals surface area contributed by atoms with Crippen molar-refractivity contribution in [1.29, 1.82) is 0 Å². The van der Waals surface area contributed by atoms with E-state index in [1.54, 1.807) is 0 Å². The maximum Gasteiger partial charge on any atom is 2.00 e. The molecule has 0 atom stereocenters. The van der Waals surface area contributed by atoms with Gasteiger partial charge in [0.15, 0.2) is 0 Å². The standard InChI is InChI=1S/C31H51N3.2ClH.Co/c1-20(2)26-16-24(9)17-27(21(3)4)30(26)32-12-14-34(11)15-13-33-31-28(22(5)6)18-25(10)19-29(31)23(7)8;;;/h16-23,32-33H,12-15H2,1-11H3;2*1H;/q;;;+2/p-2. The maximum atomic E-state index is 3.80. The predicted octanol–water partition coefficient (Wildman–Crippen LogP) is 2.26. The first-order valence-electron chi connectivity index (χ1n) is 13.4. The normalized spacial score (nSPS) is 11.0. The summed E-state index contributed by atoms with van der Waals surface area (Å²) in [5.74, 6) is 2.06. The molecule has 0 heterocycles. The molecule has 0 bridgehead atoms. The molecule has 0 aliphatic carbocycles. The van der Waals surface area contributed by atoms with Gasteiger partial charge in [-0.05, 0) is 66.8 Å². The Balaban J connectivity index is 0. The van der Waals surface area contributed by atoms with Crippen LogP contribution in [0.2, 0.25) is 0 Å². The van der Waals surface area contributed by atoms with Gasteiger partial charge < -0.3 is 40.3 Å². The number of nitrogens with one attached hydrogen (secondary N) is 2. The Labute approximate surface area is 251 Å². The summed E-state index contributed by atoms with van der Waals surface area (Å²) in [5.41, 5.74) is 11.2. The third-order valence-corrected chi connectivity index (χ3v) is 6.77. The maximum absolute atomic E-state index is 3.80. The zero-order valence-electron chi connectivity index (χ0n) is 25.0. The largest absolute Gasteiger partial charge is 2.00 e. The minimum atomic E-state index is 0. The molecule has 2 aromatic carbocycles. The molecule has 0 aliphatic rings. The van der Waals surface area contributed by atoms with Crippen LogP contribution in [0.25, 0.3) is 0 Å². The third-order valence-electron chi connectivity index (χ3n) is 6.77. The van der Waals surface area contributed by atoms with Crippen LogP contribution in [0.4, 0.5) is 11.4 Å². The van der Waals surface area contributed by atoms with Gasteiger partial charge in [-0.1, -0.05) is 90.8 Å².